The number of nitrogens with zero attached hydrogens (tertiary/aromatic N) is 2. The minimum atomic E-state index is -0.687. The summed E-state index contributed by atoms with van der Waals surface area (Å²) in [6.45, 7) is 5.69. The van der Waals surface area contributed by atoms with Crippen LogP contribution in [0.2, 0.25) is 0 Å². The van der Waals surface area contributed by atoms with Crippen LogP contribution in [0.25, 0.3) is 5.53 Å². The number of ether oxygens (including phenoxy) is 1. The number of carbonyl (C=O) groups excluding carboxylic acids is 1. The second-order valence-corrected chi connectivity index (χ2v) is 3.39. The van der Waals surface area contributed by atoms with Crippen LogP contribution in [-0.2, 0) is 4.79 Å². The third-order valence-electron chi connectivity index (χ3n) is 1.97. The van der Waals surface area contributed by atoms with E-state index in [1.165, 1.54) is 0 Å². The van der Waals surface area contributed by atoms with Crippen LogP contribution in [-0.4, -0.2) is 17.0 Å². The first-order chi connectivity index (χ1) is 7.04. The molecular formula is C11H12N2O2. The second-order valence-electron chi connectivity index (χ2n) is 3.39. The van der Waals surface area contributed by atoms with E-state index in [1.807, 2.05) is 32.9 Å². The molecule has 0 atom stereocenters. The fourth-order valence-electron chi connectivity index (χ4n) is 1.50. The Kier molecular flexibility index (Phi) is 3.37. The smallest absolute Gasteiger partial charge is 0.418 e. The standard InChI is InChI=1S/C11H12N2O2/c1-7-4-8(2)11(9(3)5-7)15-10(14)6-13-12/h4-6H,1-3H3. The van der Waals surface area contributed by atoms with E-state index in [-0.39, 0.29) is 0 Å². The molecule has 0 aliphatic carbocycles. The summed E-state index contributed by atoms with van der Waals surface area (Å²) in [6, 6.07) is 3.84. The average molecular weight is 204 g/mol. The molecule has 4 nitrogen and oxygen atoms in total. The number of hydrogen-bond acceptors (Lipinski definition) is 2. The van der Waals surface area contributed by atoms with Crippen molar-refractivity contribution in [3.63, 3.8) is 0 Å². The normalized spacial score (nSPS) is 9.27. The van der Waals surface area contributed by atoms with E-state index in [4.69, 9.17) is 10.3 Å². The lowest BCUT2D eigenvalue weighted by Gasteiger charge is -2.08. The predicted molar refractivity (Wildman–Crippen MR) is 56.0 cm³/mol. The van der Waals surface area contributed by atoms with E-state index < -0.39 is 5.97 Å². The predicted octanol–water partition coefficient (Wildman–Crippen LogP) is 1.82. The first kappa shape index (κ1) is 11.1. The first-order valence-corrected chi connectivity index (χ1v) is 4.51. The van der Waals surface area contributed by atoms with Gasteiger partial charge in [0.25, 0.3) is 0 Å². The van der Waals surface area contributed by atoms with Gasteiger partial charge in [-0.3, -0.25) is 0 Å². The largest absolute Gasteiger partial charge is 0.419 e. The van der Waals surface area contributed by atoms with Crippen LogP contribution in [0.3, 0.4) is 0 Å². The molecular weight excluding hydrogens is 192 g/mol. The van der Waals surface area contributed by atoms with Crippen molar-refractivity contribution in [2.45, 2.75) is 20.8 Å². The number of hydrogen-bond donors (Lipinski definition) is 0. The van der Waals surface area contributed by atoms with Gasteiger partial charge in [0.15, 0.2) is 0 Å². The Morgan fingerprint density at radius 1 is 1.33 bits per heavy atom. The molecule has 0 radical (unpaired) electrons. The summed E-state index contributed by atoms with van der Waals surface area (Å²) in [5, 5.41) is 0. The van der Waals surface area contributed by atoms with Crippen molar-refractivity contribution in [3.8, 4) is 5.75 Å². The van der Waals surface area contributed by atoms with Gasteiger partial charge in [-0.1, -0.05) is 17.7 Å². The van der Waals surface area contributed by atoms with Crippen molar-refractivity contribution in [1.29, 1.82) is 0 Å². The number of rotatable bonds is 2. The molecule has 0 aromatic heterocycles. The summed E-state index contributed by atoms with van der Waals surface area (Å²) in [5.74, 6) is -0.168. The van der Waals surface area contributed by atoms with Crippen molar-refractivity contribution < 1.29 is 14.3 Å². The highest BCUT2D eigenvalue weighted by Gasteiger charge is 2.11. The van der Waals surface area contributed by atoms with E-state index in [0.29, 0.717) is 5.75 Å². The van der Waals surface area contributed by atoms with Crippen molar-refractivity contribution in [3.05, 3.63) is 34.4 Å². The molecule has 1 aromatic carbocycles. The second kappa shape index (κ2) is 4.53. The maximum absolute atomic E-state index is 11.1. The third kappa shape index (κ3) is 2.76. The maximum Gasteiger partial charge on any atom is 0.419 e. The molecule has 0 fully saturated rings. The molecule has 1 aromatic rings. The van der Waals surface area contributed by atoms with Gasteiger partial charge in [-0.2, -0.15) is 4.79 Å². The number of aryl methyl sites for hydroxylation is 3. The molecule has 0 saturated carbocycles. The fraction of sp³-hybridized carbons (Fsp3) is 0.273. The van der Waals surface area contributed by atoms with Gasteiger partial charge in [0.2, 0.25) is 0 Å². The van der Waals surface area contributed by atoms with Gasteiger partial charge in [-0.15, -0.1) is 0 Å². The van der Waals surface area contributed by atoms with E-state index >= 15 is 0 Å². The maximum atomic E-state index is 11.1. The summed E-state index contributed by atoms with van der Waals surface area (Å²) in [5.41, 5.74) is 11.0. The Bertz CT molecular complexity index is 423. The van der Waals surface area contributed by atoms with Crippen LogP contribution in [0, 0.1) is 20.8 Å². The molecule has 0 bridgehead atoms. The SMILES string of the molecule is Cc1cc(C)c(OC(=O)C=[N+]=[N-])c(C)c1. The summed E-state index contributed by atoms with van der Waals surface area (Å²) in [4.78, 5) is 13.7. The van der Waals surface area contributed by atoms with Crippen molar-refractivity contribution in [1.82, 2.24) is 0 Å². The zero-order chi connectivity index (χ0) is 11.4. The lowest BCUT2D eigenvalue weighted by atomic mass is 10.1. The molecule has 78 valence electrons. The number of esters is 1. The molecule has 1 rings (SSSR count). The number of benzene rings is 1. The van der Waals surface area contributed by atoms with Crippen LogP contribution in [0.1, 0.15) is 16.7 Å². The Balaban J connectivity index is 3.05. The molecule has 0 aliphatic rings. The Morgan fingerprint density at radius 3 is 2.33 bits per heavy atom. The molecule has 0 spiro atoms. The summed E-state index contributed by atoms with van der Waals surface area (Å²) in [6.07, 6.45) is 0.721. The topological polar surface area (TPSA) is 62.7 Å². The minimum absolute atomic E-state index is 0.519. The highest BCUT2D eigenvalue weighted by molar-refractivity contribution is 6.21. The molecule has 0 unspecified atom stereocenters. The molecule has 4 heteroatoms. The third-order valence-corrected chi connectivity index (χ3v) is 1.97. The summed E-state index contributed by atoms with van der Waals surface area (Å²) in [7, 11) is 0. The Morgan fingerprint density at radius 2 is 1.87 bits per heavy atom. The minimum Gasteiger partial charge on any atom is -0.418 e. The monoisotopic (exact) mass is 204 g/mol. The van der Waals surface area contributed by atoms with E-state index in [0.717, 1.165) is 22.9 Å². The lowest BCUT2D eigenvalue weighted by Crippen LogP contribution is -2.11. The van der Waals surface area contributed by atoms with Gasteiger partial charge < -0.3 is 10.3 Å². The highest BCUT2D eigenvalue weighted by Crippen LogP contribution is 2.24. The van der Waals surface area contributed by atoms with E-state index in [1.54, 1.807) is 0 Å². The quantitative estimate of drug-likeness (QED) is 0.242. The number of carbonyl (C=O) groups is 1. The van der Waals surface area contributed by atoms with Gasteiger partial charge in [0.05, 0.1) is 0 Å². The van der Waals surface area contributed by atoms with Crippen LogP contribution in [0.15, 0.2) is 12.1 Å². The Labute approximate surface area is 88.1 Å². The molecule has 15 heavy (non-hydrogen) atoms. The first-order valence-electron chi connectivity index (χ1n) is 4.51. The van der Waals surface area contributed by atoms with Gasteiger partial charge >= 0.3 is 12.2 Å². The van der Waals surface area contributed by atoms with Crippen LogP contribution < -0.4 is 4.74 Å². The molecule has 0 aliphatic heterocycles. The van der Waals surface area contributed by atoms with Crippen molar-refractivity contribution in [2.24, 2.45) is 0 Å². The van der Waals surface area contributed by atoms with E-state index in [2.05, 4.69) is 4.79 Å². The van der Waals surface area contributed by atoms with Gasteiger partial charge in [-0.25, -0.2) is 4.79 Å². The van der Waals surface area contributed by atoms with Gasteiger partial charge in [-0.05, 0) is 31.9 Å². The van der Waals surface area contributed by atoms with Crippen LogP contribution >= 0.6 is 0 Å². The van der Waals surface area contributed by atoms with Crippen molar-refractivity contribution in [2.75, 3.05) is 0 Å². The highest BCUT2D eigenvalue weighted by atomic mass is 16.5. The molecule has 0 N–H and O–H groups in total. The lowest BCUT2D eigenvalue weighted by molar-refractivity contribution is -0.130. The zero-order valence-electron chi connectivity index (χ0n) is 8.94. The zero-order valence-corrected chi connectivity index (χ0v) is 8.94. The van der Waals surface area contributed by atoms with Gasteiger partial charge in [0.1, 0.15) is 5.75 Å². The molecule has 0 heterocycles. The average Bonchev–Trinajstić information content (AvgIpc) is 2.11. The van der Waals surface area contributed by atoms with Crippen molar-refractivity contribution >= 4 is 12.2 Å². The summed E-state index contributed by atoms with van der Waals surface area (Å²) >= 11 is 0. The molecule has 0 saturated heterocycles. The molecule has 0 amide bonds. The van der Waals surface area contributed by atoms with Gasteiger partial charge in [0, 0.05) is 0 Å². The summed E-state index contributed by atoms with van der Waals surface area (Å²) < 4.78 is 5.02. The fourth-order valence-corrected chi connectivity index (χ4v) is 1.50. The van der Waals surface area contributed by atoms with Crippen LogP contribution in [0.5, 0.6) is 5.75 Å². The van der Waals surface area contributed by atoms with Crippen LogP contribution in [0.4, 0.5) is 0 Å². The van der Waals surface area contributed by atoms with E-state index in [9.17, 15) is 4.79 Å². The Hall–Kier alpha value is -1.93.